The predicted molar refractivity (Wildman–Crippen MR) is 121 cm³/mol. The van der Waals surface area contributed by atoms with E-state index in [-0.39, 0.29) is 12.1 Å². The molecule has 7 heteroatoms. The van der Waals surface area contributed by atoms with Crippen LogP contribution in [-0.4, -0.2) is 61.0 Å². The van der Waals surface area contributed by atoms with Gasteiger partial charge in [0.25, 0.3) is 11.8 Å². The second-order valence-corrected chi connectivity index (χ2v) is 7.91. The molecule has 0 unspecified atom stereocenters. The lowest BCUT2D eigenvalue weighted by molar-refractivity contribution is -0.141. The van der Waals surface area contributed by atoms with Gasteiger partial charge in [0.15, 0.2) is 0 Å². The number of carbonyl (C=O) groups is 2. The van der Waals surface area contributed by atoms with E-state index in [1.807, 2.05) is 48.5 Å². The summed E-state index contributed by atoms with van der Waals surface area (Å²) in [6.07, 6.45) is 1.64. The van der Waals surface area contributed by atoms with Crippen LogP contribution in [0.15, 0.2) is 65.4 Å². The van der Waals surface area contributed by atoms with Gasteiger partial charge in [0.05, 0.1) is 25.3 Å². The number of hydrogen-bond donors (Lipinski definition) is 1. The van der Waals surface area contributed by atoms with E-state index in [1.165, 1.54) is 4.90 Å². The van der Waals surface area contributed by atoms with Crippen molar-refractivity contribution in [2.75, 3.05) is 39.4 Å². The molecule has 1 N–H and O–H groups in total. The Bertz CT molecular complexity index is 1130. The van der Waals surface area contributed by atoms with Gasteiger partial charge in [-0.25, -0.2) is 0 Å². The first kappa shape index (κ1) is 21.8. The van der Waals surface area contributed by atoms with E-state index >= 15 is 0 Å². The summed E-state index contributed by atoms with van der Waals surface area (Å²) in [5.74, 6) is -0.938. The van der Waals surface area contributed by atoms with Gasteiger partial charge in [0, 0.05) is 32.4 Å². The summed E-state index contributed by atoms with van der Waals surface area (Å²) < 4.78 is 5.36. The van der Waals surface area contributed by atoms with Crippen LogP contribution in [0.5, 0.6) is 0 Å². The maximum atomic E-state index is 13.3. The highest BCUT2D eigenvalue weighted by Crippen LogP contribution is 2.28. The molecule has 2 amide bonds. The molecule has 4 rings (SSSR count). The number of carbonyl (C=O) groups excluding carboxylic acids is 2. The number of benzene rings is 2. The molecule has 2 aliphatic heterocycles. The largest absolute Gasteiger partial charge is 0.389 e. The van der Waals surface area contributed by atoms with Crippen molar-refractivity contribution in [3.05, 3.63) is 70.9 Å². The first-order chi connectivity index (χ1) is 15.6. The monoisotopic (exact) mass is 430 g/mol. The van der Waals surface area contributed by atoms with Crippen molar-refractivity contribution in [3.63, 3.8) is 0 Å². The zero-order valence-electron chi connectivity index (χ0n) is 18.1. The van der Waals surface area contributed by atoms with Crippen LogP contribution in [0, 0.1) is 11.3 Å². The summed E-state index contributed by atoms with van der Waals surface area (Å²) in [5, 5.41) is 14.8. The average molecular weight is 431 g/mol. The Morgan fingerprint density at radius 1 is 1.09 bits per heavy atom. The van der Waals surface area contributed by atoms with Crippen LogP contribution in [0.3, 0.4) is 0 Å². The Balaban J connectivity index is 1.55. The Morgan fingerprint density at radius 2 is 1.84 bits per heavy atom. The lowest BCUT2D eigenvalue weighted by Crippen LogP contribution is -2.43. The van der Waals surface area contributed by atoms with Crippen molar-refractivity contribution >= 4 is 22.6 Å². The van der Waals surface area contributed by atoms with Crippen LogP contribution >= 0.6 is 0 Å². The number of morpholine rings is 1. The van der Waals surface area contributed by atoms with E-state index in [9.17, 15) is 14.9 Å². The number of ether oxygens (including phenoxy) is 1. The minimum atomic E-state index is -0.548. The smallest absolute Gasteiger partial charge is 0.271 e. The summed E-state index contributed by atoms with van der Waals surface area (Å²) in [6, 6.07) is 15.7. The van der Waals surface area contributed by atoms with Gasteiger partial charge in [-0.15, -0.1) is 0 Å². The van der Waals surface area contributed by atoms with Crippen molar-refractivity contribution in [1.82, 2.24) is 15.1 Å². The van der Waals surface area contributed by atoms with Crippen LogP contribution in [-0.2, 0) is 20.9 Å². The number of nitrogens with zero attached hydrogens (tertiary/aromatic N) is 3. The van der Waals surface area contributed by atoms with E-state index < -0.39 is 11.8 Å². The first-order valence-corrected chi connectivity index (χ1v) is 10.8. The quantitative estimate of drug-likeness (QED) is 0.430. The number of nitrogens with one attached hydrogen (secondary N) is 1. The lowest BCUT2D eigenvalue weighted by Gasteiger charge is -2.28. The first-order valence-electron chi connectivity index (χ1n) is 10.8. The third-order valence-corrected chi connectivity index (χ3v) is 5.96. The molecule has 164 valence electrons. The Kier molecular flexibility index (Phi) is 6.64. The number of rotatable bonds is 6. The van der Waals surface area contributed by atoms with Crippen molar-refractivity contribution in [2.45, 2.75) is 13.5 Å². The zero-order valence-corrected chi connectivity index (χ0v) is 18.1. The normalized spacial score (nSPS) is 19.0. The number of nitriles is 1. The van der Waals surface area contributed by atoms with E-state index in [4.69, 9.17) is 4.74 Å². The molecule has 2 aromatic rings. The summed E-state index contributed by atoms with van der Waals surface area (Å²) in [5.41, 5.74) is 1.63. The zero-order chi connectivity index (χ0) is 22.5. The molecule has 0 bridgehead atoms. The maximum absolute atomic E-state index is 13.3. The number of amides is 2. The summed E-state index contributed by atoms with van der Waals surface area (Å²) in [4.78, 5) is 29.7. The average Bonchev–Trinajstić information content (AvgIpc) is 2.82. The van der Waals surface area contributed by atoms with Crippen molar-refractivity contribution in [1.29, 1.82) is 5.26 Å². The van der Waals surface area contributed by atoms with Crippen LogP contribution in [0.25, 0.3) is 10.8 Å². The molecule has 2 aliphatic rings. The van der Waals surface area contributed by atoms with Crippen LogP contribution in [0.2, 0.25) is 0 Å². The van der Waals surface area contributed by atoms with E-state index in [1.54, 1.807) is 13.1 Å². The lowest BCUT2D eigenvalue weighted by atomic mass is 9.95. The van der Waals surface area contributed by atoms with Gasteiger partial charge in [-0.05, 0) is 28.8 Å². The molecule has 0 spiro atoms. The number of imide groups is 1. The standard InChI is InChI=1S/C25H26N4O3/c1-18-22(15-26)24(30)29(17-20-7-4-6-19-5-2-3-8-21(19)20)25(31)23(18)16-27-9-10-28-11-13-32-14-12-28/h2-8,16,27H,9-14,17H2,1H3/b23-16-. The maximum Gasteiger partial charge on any atom is 0.271 e. The Morgan fingerprint density at radius 3 is 2.62 bits per heavy atom. The molecule has 2 heterocycles. The van der Waals surface area contributed by atoms with E-state index in [0.29, 0.717) is 17.7 Å². The predicted octanol–water partition coefficient (Wildman–Crippen LogP) is 2.35. The van der Waals surface area contributed by atoms with Gasteiger partial charge in [0.1, 0.15) is 11.6 Å². The summed E-state index contributed by atoms with van der Waals surface area (Å²) >= 11 is 0. The molecule has 2 aromatic carbocycles. The second-order valence-electron chi connectivity index (χ2n) is 7.91. The van der Waals surface area contributed by atoms with Gasteiger partial charge in [-0.3, -0.25) is 19.4 Å². The van der Waals surface area contributed by atoms with Gasteiger partial charge in [0.2, 0.25) is 0 Å². The summed E-state index contributed by atoms with van der Waals surface area (Å²) in [7, 11) is 0. The minimum Gasteiger partial charge on any atom is -0.389 e. The number of fused-ring (bicyclic) bond motifs is 1. The fourth-order valence-corrected chi connectivity index (χ4v) is 4.10. The van der Waals surface area contributed by atoms with Crippen molar-refractivity contribution in [2.24, 2.45) is 0 Å². The van der Waals surface area contributed by atoms with Crippen molar-refractivity contribution in [3.8, 4) is 6.07 Å². The van der Waals surface area contributed by atoms with E-state index in [2.05, 4.69) is 10.2 Å². The molecule has 0 aliphatic carbocycles. The minimum absolute atomic E-state index is 0.00562. The van der Waals surface area contributed by atoms with Gasteiger partial charge in [-0.1, -0.05) is 42.5 Å². The highest BCUT2D eigenvalue weighted by molar-refractivity contribution is 6.18. The molecular weight excluding hydrogens is 404 g/mol. The third-order valence-electron chi connectivity index (χ3n) is 5.96. The van der Waals surface area contributed by atoms with Crippen LogP contribution < -0.4 is 5.32 Å². The molecule has 32 heavy (non-hydrogen) atoms. The molecule has 0 radical (unpaired) electrons. The van der Waals surface area contributed by atoms with Gasteiger partial charge < -0.3 is 10.1 Å². The second kappa shape index (κ2) is 9.77. The molecular formula is C25H26N4O3. The van der Waals surface area contributed by atoms with Crippen LogP contribution in [0.4, 0.5) is 0 Å². The highest BCUT2D eigenvalue weighted by Gasteiger charge is 2.35. The molecule has 0 saturated carbocycles. The highest BCUT2D eigenvalue weighted by atomic mass is 16.5. The van der Waals surface area contributed by atoms with Crippen molar-refractivity contribution < 1.29 is 14.3 Å². The van der Waals surface area contributed by atoms with Gasteiger partial charge in [-0.2, -0.15) is 5.26 Å². The number of hydrogen-bond acceptors (Lipinski definition) is 6. The molecule has 1 fully saturated rings. The molecule has 0 aromatic heterocycles. The topological polar surface area (TPSA) is 85.7 Å². The molecule has 1 saturated heterocycles. The fraction of sp³-hybridized carbons (Fsp3) is 0.320. The molecule has 7 nitrogen and oxygen atoms in total. The van der Waals surface area contributed by atoms with Gasteiger partial charge >= 0.3 is 0 Å². The van der Waals surface area contributed by atoms with E-state index in [0.717, 1.165) is 49.2 Å². The Labute approximate surface area is 187 Å². The summed E-state index contributed by atoms with van der Waals surface area (Å²) in [6.45, 7) is 6.50. The Hall–Kier alpha value is -3.47. The SMILES string of the molecule is CC1=C(C#N)C(=O)N(Cc2cccc3ccccc23)C(=O)/C1=C\NCCN1CCOCC1. The molecule has 0 atom stereocenters. The fourth-order valence-electron chi connectivity index (χ4n) is 4.10. The van der Waals surface area contributed by atoms with Crippen LogP contribution in [0.1, 0.15) is 12.5 Å². The third kappa shape index (κ3) is 4.42.